The molecular formula is C23H29NO4. The Kier molecular flexibility index (Phi) is 7.93. The monoisotopic (exact) mass is 383 g/mol. The second-order valence-electron chi connectivity index (χ2n) is 6.86. The van der Waals surface area contributed by atoms with E-state index in [2.05, 4.69) is 19.2 Å². The zero-order valence-corrected chi connectivity index (χ0v) is 17.2. The van der Waals surface area contributed by atoms with Crippen LogP contribution in [0.25, 0.3) is 6.08 Å². The second kappa shape index (κ2) is 10.4. The van der Waals surface area contributed by atoms with Gasteiger partial charge in [0.2, 0.25) is 11.7 Å². The van der Waals surface area contributed by atoms with E-state index in [1.807, 2.05) is 36.4 Å². The van der Waals surface area contributed by atoms with E-state index in [0.717, 1.165) is 17.5 Å². The van der Waals surface area contributed by atoms with Crippen LogP contribution in [0.4, 0.5) is 0 Å². The quantitative estimate of drug-likeness (QED) is 0.642. The van der Waals surface area contributed by atoms with Gasteiger partial charge in [-0.25, -0.2) is 0 Å². The first kappa shape index (κ1) is 21.4. The minimum Gasteiger partial charge on any atom is -0.493 e. The average molecular weight is 383 g/mol. The number of carbonyl (C=O) groups is 1. The fourth-order valence-electron chi connectivity index (χ4n) is 3.08. The first-order chi connectivity index (χ1) is 13.5. The third-order valence-corrected chi connectivity index (χ3v) is 4.37. The van der Waals surface area contributed by atoms with Gasteiger partial charge < -0.3 is 19.5 Å². The molecule has 0 aliphatic carbocycles. The highest BCUT2D eigenvalue weighted by atomic mass is 16.5. The van der Waals surface area contributed by atoms with Gasteiger partial charge in [0.05, 0.1) is 27.4 Å². The minimum absolute atomic E-state index is 0.0364. The molecule has 2 aromatic carbocycles. The molecule has 1 unspecified atom stereocenters. The summed E-state index contributed by atoms with van der Waals surface area (Å²) in [5.74, 6) is 1.89. The van der Waals surface area contributed by atoms with Gasteiger partial charge in [0, 0.05) is 11.6 Å². The molecule has 0 spiro atoms. The standard InChI is InChI=1S/C23H29NO4/c1-16(2)15-19(17-9-7-6-8-10-17)24-21(25)14-12-18-11-13-20(26-3)23(28-5)22(18)27-4/h6-14,16,19H,15H2,1-5H3,(H,24,25)/b14-12+. The molecule has 0 aromatic heterocycles. The molecule has 150 valence electrons. The Labute approximate surface area is 167 Å². The fraction of sp³-hybridized carbons (Fsp3) is 0.348. The second-order valence-corrected chi connectivity index (χ2v) is 6.86. The lowest BCUT2D eigenvalue weighted by molar-refractivity contribution is -0.117. The van der Waals surface area contributed by atoms with Crippen LogP contribution in [0.5, 0.6) is 17.2 Å². The van der Waals surface area contributed by atoms with E-state index in [9.17, 15) is 4.79 Å². The summed E-state index contributed by atoms with van der Waals surface area (Å²) in [6.45, 7) is 4.29. The predicted octanol–water partition coefficient (Wildman–Crippen LogP) is 4.63. The molecule has 1 atom stereocenters. The van der Waals surface area contributed by atoms with Crippen molar-refractivity contribution < 1.29 is 19.0 Å². The molecule has 0 saturated heterocycles. The smallest absolute Gasteiger partial charge is 0.244 e. The number of rotatable bonds is 9. The van der Waals surface area contributed by atoms with Gasteiger partial charge >= 0.3 is 0 Å². The maximum Gasteiger partial charge on any atom is 0.244 e. The summed E-state index contributed by atoms with van der Waals surface area (Å²) in [7, 11) is 4.68. The Morgan fingerprint density at radius 3 is 2.21 bits per heavy atom. The van der Waals surface area contributed by atoms with E-state index in [4.69, 9.17) is 14.2 Å². The van der Waals surface area contributed by atoms with Crippen molar-refractivity contribution in [2.24, 2.45) is 5.92 Å². The fourth-order valence-corrected chi connectivity index (χ4v) is 3.08. The lowest BCUT2D eigenvalue weighted by atomic mass is 9.97. The van der Waals surface area contributed by atoms with Crippen molar-refractivity contribution in [2.45, 2.75) is 26.3 Å². The van der Waals surface area contributed by atoms with Crippen molar-refractivity contribution in [1.29, 1.82) is 0 Å². The van der Waals surface area contributed by atoms with E-state index in [-0.39, 0.29) is 11.9 Å². The molecule has 2 rings (SSSR count). The van der Waals surface area contributed by atoms with Crippen molar-refractivity contribution in [1.82, 2.24) is 5.32 Å². The highest BCUT2D eigenvalue weighted by Crippen LogP contribution is 2.40. The summed E-state index contributed by atoms with van der Waals surface area (Å²) in [6, 6.07) is 13.6. The van der Waals surface area contributed by atoms with Crippen LogP contribution in [-0.2, 0) is 4.79 Å². The Bertz CT molecular complexity index is 800. The molecule has 5 nitrogen and oxygen atoms in total. The number of ether oxygens (including phenoxy) is 3. The number of carbonyl (C=O) groups excluding carboxylic acids is 1. The number of hydrogen-bond acceptors (Lipinski definition) is 4. The molecule has 0 aliphatic rings. The van der Waals surface area contributed by atoms with Crippen LogP contribution in [0.15, 0.2) is 48.5 Å². The number of benzene rings is 2. The topological polar surface area (TPSA) is 56.8 Å². The Morgan fingerprint density at radius 2 is 1.64 bits per heavy atom. The molecule has 0 heterocycles. The zero-order chi connectivity index (χ0) is 20.5. The molecule has 0 saturated carbocycles. The van der Waals surface area contributed by atoms with Crippen LogP contribution in [0.1, 0.15) is 37.4 Å². The molecule has 1 N–H and O–H groups in total. The summed E-state index contributed by atoms with van der Waals surface area (Å²) >= 11 is 0. The van der Waals surface area contributed by atoms with Crippen LogP contribution in [0, 0.1) is 5.92 Å². The average Bonchev–Trinajstić information content (AvgIpc) is 2.71. The van der Waals surface area contributed by atoms with Crippen LogP contribution < -0.4 is 19.5 Å². The third-order valence-electron chi connectivity index (χ3n) is 4.37. The van der Waals surface area contributed by atoms with Gasteiger partial charge in [-0.05, 0) is 36.1 Å². The van der Waals surface area contributed by atoms with Crippen molar-refractivity contribution in [3.63, 3.8) is 0 Å². The predicted molar refractivity (Wildman–Crippen MR) is 112 cm³/mol. The molecule has 0 bridgehead atoms. The van der Waals surface area contributed by atoms with Gasteiger partial charge in [-0.1, -0.05) is 44.2 Å². The van der Waals surface area contributed by atoms with E-state index < -0.39 is 0 Å². The van der Waals surface area contributed by atoms with Crippen molar-refractivity contribution >= 4 is 12.0 Å². The van der Waals surface area contributed by atoms with E-state index in [1.54, 1.807) is 33.5 Å². The van der Waals surface area contributed by atoms with Gasteiger partial charge in [0.15, 0.2) is 11.5 Å². The first-order valence-corrected chi connectivity index (χ1v) is 9.32. The maximum atomic E-state index is 12.6. The lowest BCUT2D eigenvalue weighted by Gasteiger charge is -2.20. The number of hydrogen-bond donors (Lipinski definition) is 1. The van der Waals surface area contributed by atoms with Gasteiger partial charge in [-0.3, -0.25) is 4.79 Å². The molecule has 2 aromatic rings. The molecule has 1 amide bonds. The van der Waals surface area contributed by atoms with E-state index >= 15 is 0 Å². The molecular weight excluding hydrogens is 354 g/mol. The molecule has 0 radical (unpaired) electrons. The van der Waals surface area contributed by atoms with Crippen LogP contribution in [-0.4, -0.2) is 27.2 Å². The minimum atomic E-state index is -0.161. The molecule has 0 fully saturated rings. The summed E-state index contributed by atoms with van der Waals surface area (Å²) < 4.78 is 16.1. The highest BCUT2D eigenvalue weighted by Gasteiger charge is 2.16. The first-order valence-electron chi connectivity index (χ1n) is 9.32. The normalized spacial score (nSPS) is 12.1. The van der Waals surface area contributed by atoms with Crippen molar-refractivity contribution in [3.8, 4) is 17.2 Å². The largest absolute Gasteiger partial charge is 0.493 e. The number of amides is 1. The number of methoxy groups -OCH3 is 3. The van der Waals surface area contributed by atoms with Gasteiger partial charge in [0.25, 0.3) is 0 Å². The summed E-state index contributed by atoms with van der Waals surface area (Å²) in [5.41, 5.74) is 1.83. The van der Waals surface area contributed by atoms with Gasteiger partial charge in [-0.15, -0.1) is 0 Å². The van der Waals surface area contributed by atoms with Crippen LogP contribution in [0.3, 0.4) is 0 Å². The van der Waals surface area contributed by atoms with Gasteiger partial charge in [0.1, 0.15) is 0 Å². The van der Waals surface area contributed by atoms with E-state index in [1.165, 1.54) is 6.08 Å². The van der Waals surface area contributed by atoms with Crippen molar-refractivity contribution in [3.05, 3.63) is 59.7 Å². The lowest BCUT2D eigenvalue weighted by Crippen LogP contribution is -2.27. The number of nitrogens with one attached hydrogen (secondary N) is 1. The molecule has 5 heteroatoms. The SMILES string of the molecule is COc1ccc(/C=C/C(=O)NC(CC(C)C)c2ccccc2)c(OC)c1OC. The summed E-state index contributed by atoms with van der Waals surface area (Å²) in [5, 5.41) is 3.10. The molecule has 0 aliphatic heterocycles. The third kappa shape index (κ3) is 5.52. The highest BCUT2D eigenvalue weighted by molar-refractivity contribution is 5.92. The van der Waals surface area contributed by atoms with Crippen LogP contribution >= 0.6 is 0 Å². The Hall–Kier alpha value is -2.95. The summed E-state index contributed by atoms with van der Waals surface area (Å²) in [4.78, 5) is 12.6. The zero-order valence-electron chi connectivity index (χ0n) is 17.2. The van der Waals surface area contributed by atoms with E-state index in [0.29, 0.717) is 23.2 Å². The maximum absolute atomic E-state index is 12.6. The summed E-state index contributed by atoms with van der Waals surface area (Å²) in [6.07, 6.45) is 4.09. The van der Waals surface area contributed by atoms with Gasteiger partial charge in [-0.2, -0.15) is 0 Å². The Balaban J connectivity index is 2.20. The molecule has 28 heavy (non-hydrogen) atoms. The Morgan fingerprint density at radius 1 is 0.964 bits per heavy atom. The van der Waals surface area contributed by atoms with Crippen LogP contribution in [0.2, 0.25) is 0 Å². The van der Waals surface area contributed by atoms with Crippen molar-refractivity contribution in [2.75, 3.05) is 21.3 Å².